The average molecular weight is 418 g/mol. The number of piperidine rings is 2. The summed E-state index contributed by atoms with van der Waals surface area (Å²) < 4.78 is 32.8. The van der Waals surface area contributed by atoms with Crippen LogP contribution in [0.15, 0.2) is 23.1 Å². The van der Waals surface area contributed by atoms with Crippen molar-refractivity contribution >= 4 is 34.0 Å². The van der Waals surface area contributed by atoms with Gasteiger partial charge in [-0.1, -0.05) is 6.42 Å². The van der Waals surface area contributed by atoms with E-state index in [0.717, 1.165) is 38.6 Å². The lowest BCUT2D eigenvalue weighted by Gasteiger charge is -2.27. The number of sulfonamides is 1. The maximum absolute atomic E-state index is 13.0. The van der Waals surface area contributed by atoms with Gasteiger partial charge in [0.15, 0.2) is 0 Å². The fourth-order valence-corrected chi connectivity index (χ4v) is 5.22. The van der Waals surface area contributed by atoms with E-state index in [1.807, 2.05) is 0 Å². The van der Waals surface area contributed by atoms with Gasteiger partial charge in [-0.05, 0) is 50.4 Å². The molecule has 1 aromatic rings. The van der Waals surface area contributed by atoms with E-state index in [4.69, 9.17) is 4.74 Å². The molecule has 0 radical (unpaired) electrons. The second-order valence-corrected chi connectivity index (χ2v) is 8.77. The fraction of sp³-hybridized carbons (Fsp3) is 0.611. The zero-order chi connectivity index (χ0) is 18.6. The van der Waals surface area contributed by atoms with E-state index in [-0.39, 0.29) is 29.1 Å². The van der Waals surface area contributed by atoms with Crippen LogP contribution in [-0.4, -0.2) is 51.9 Å². The topological polar surface area (TPSA) is 87.7 Å². The molecular weight excluding hydrogens is 390 g/mol. The largest absolute Gasteiger partial charge is 0.495 e. The van der Waals surface area contributed by atoms with Crippen LogP contribution in [0.4, 0.5) is 5.69 Å². The van der Waals surface area contributed by atoms with Crippen molar-refractivity contribution in [2.45, 2.75) is 37.0 Å². The monoisotopic (exact) mass is 417 g/mol. The van der Waals surface area contributed by atoms with Crippen LogP contribution in [0.5, 0.6) is 5.75 Å². The number of halogens is 1. The molecular formula is C18H28ClN3O4S. The van der Waals surface area contributed by atoms with Gasteiger partial charge < -0.3 is 15.4 Å². The van der Waals surface area contributed by atoms with Gasteiger partial charge in [-0.15, -0.1) is 12.4 Å². The van der Waals surface area contributed by atoms with Gasteiger partial charge in [0, 0.05) is 25.3 Å². The van der Waals surface area contributed by atoms with E-state index >= 15 is 0 Å². The van der Waals surface area contributed by atoms with Crippen LogP contribution in [-0.2, 0) is 14.8 Å². The summed E-state index contributed by atoms with van der Waals surface area (Å²) in [7, 11) is -2.19. The van der Waals surface area contributed by atoms with Gasteiger partial charge >= 0.3 is 0 Å². The van der Waals surface area contributed by atoms with Gasteiger partial charge in [0.1, 0.15) is 10.6 Å². The second-order valence-electron chi connectivity index (χ2n) is 6.86. The number of anilines is 1. The fourth-order valence-electron chi connectivity index (χ4n) is 3.52. The van der Waals surface area contributed by atoms with Crippen molar-refractivity contribution in [2.75, 3.05) is 38.6 Å². The minimum Gasteiger partial charge on any atom is -0.495 e. The SMILES string of the molecule is COc1ccc(NC(=O)C2CCCNC2)cc1S(=O)(=O)N1CCCCC1.Cl. The highest BCUT2D eigenvalue weighted by atomic mass is 35.5. The van der Waals surface area contributed by atoms with Crippen molar-refractivity contribution in [2.24, 2.45) is 5.92 Å². The molecule has 1 aromatic carbocycles. The molecule has 3 rings (SSSR count). The molecule has 0 aliphatic carbocycles. The first-order valence-electron chi connectivity index (χ1n) is 9.22. The number of rotatable bonds is 5. The Kier molecular flexibility index (Phi) is 7.91. The summed E-state index contributed by atoms with van der Waals surface area (Å²) >= 11 is 0. The average Bonchev–Trinajstić information content (AvgIpc) is 2.69. The zero-order valence-electron chi connectivity index (χ0n) is 15.6. The van der Waals surface area contributed by atoms with Crippen LogP contribution in [0.3, 0.4) is 0 Å². The van der Waals surface area contributed by atoms with E-state index in [1.165, 1.54) is 17.5 Å². The molecule has 0 aromatic heterocycles. The van der Waals surface area contributed by atoms with Crippen LogP contribution >= 0.6 is 12.4 Å². The second kappa shape index (κ2) is 9.73. The highest BCUT2D eigenvalue weighted by Crippen LogP contribution is 2.31. The number of carbonyl (C=O) groups excluding carboxylic acids is 1. The van der Waals surface area contributed by atoms with E-state index in [9.17, 15) is 13.2 Å². The van der Waals surface area contributed by atoms with Gasteiger partial charge in [0.2, 0.25) is 15.9 Å². The molecule has 1 amide bonds. The number of nitrogens with zero attached hydrogens (tertiary/aromatic N) is 1. The van der Waals surface area contributed by atoms with Crippen LogP contribution in [0.25, 0.3) is 0 Å². The summed E-state index contributed by atoms with van der Waals surface area (Å²) in [5, 5.41) is 6.08. The molecule has 9 heteroatoms. The van der Waals surface area contributed by atoms with Gasteiger partial charge in [-0.25, -0.2) is 8.42 Å². The Hall–Kier alpha value is -1.35. The van der Waals surface area contributed by atoms with Gasteiger partial charge in [0.25, 0.3) is 0 Å². The summed E-state index contributed by atoms with van der Waals surface area (Å²) in [6.07, 6.45) is 4.59. The Morgan fingerprint density at radius 3 is 2.59 bits per heavy atom. The number of carbonyl (C=O) groups is 1. The van der Waals surface area contributed by atoms with Crippen molar-refractivity contribution in [1.82, 2.24) is 9.62 Å². The molecule has 2 aliphatic rings. The van der Waals surface area contributed by atoms with E-state index in [1.54, 1.807) is 12.1 Å². The first kappa shape index (κ1) is 21.9. The molecule has 0 bridgehead atoms. The maximum Gasteiger partial charge on any atom is 0.246 e. The highest BCUT2D eigenvalue weighted by molar-refractivity contribution is 7.89. The van der Waals surface area contributed by atoms with Crippen molar-refractivity contribution in [1.29, 1.82) is 0 Å². The molecule has 2 fully saturated rings. The van der Waals surface area contributed by atoms with Crippen LogP contribution in [0.1, 0.15) is 32.1 Å². The zero-order valence-corrected chi connectivity index (χ0v) is 17.2. The quantitative estimate of drug-likeness (QED) is 0.767. The number of amides is 1. The van der Waals surface area contributed by atoms with E-state index in [0.29, 0.717) is 31.1 Å². The number of hydrogen-bond acceptors (Lipinski definition) is 5. The van der Waals surface area contributed by atoms with Gasteiger partial charge in [0.05, 0.1) is 13.0 Å². The lowest BCUT2D eigenvalue weighted by molar-refractivity contribution is -0.120. The number of benzene rings is 1. The molecule has 0 spiro atoms. The molecule has 2 N–H and O–H groups in total. The molecule has 0 saturated carbocycles. The first-order chi connectivity index (χ1) is 12.5. The number of methoxy groups -OCH3 is 1. The summed E-state index contributed by atoms with van der Waals surface area (Å²) in [4.78, 5) is 12.6. The molecule has 2 heterocycles. The normalized spacial score (nSPS) is 21.1. The smallest absolute Gasteiger partial charge is 0.246 e. The molecule has 27 heavy (non-hydrogen) atoms. The third-order valence-electron chi connectivity index (χ3n) is 5.03. The standard InChI is InChI=1S/C18H27N3O4S.ClH/c1-25-16-8-7-15(20-18(22)14-6-5-9-19-13-14)12-17(16)26(23,24)21-10-3-2-4-11-21;/h7-8,12,14,19H,2-6,9-11,13H2,1H3,(H,20,22);1H. The molecule has 152 valence electrons. The number of hydrogen-bond donors (Lipinski definition) is 2. The lowest BCUT2D eigenvalue weighted by atomic mass is 9.99. The Labute approximate surface area is 167 Å². The van der Waals surface area contributed by atoms with Gasteiger partial charge in [-0.3, -0.25) is 4.79 Å². The van der Waals surface area contributed by atoms with Crippen molar-refractivity contribution < 1.29 is 17.9 Å². The summed E-state index contributed by atoms with van der Waals surface area (Å²) in [6, 6.07) is 4.80. The predicted octanol–water partition coefficient (Wildman–Crippen LogP) is 2.23. The van der Waals surface area contributed by atoms with Crippen LogP contribution in [0, 0.1) is 5.92 Å². The Bertz CT molecular complexity index is 745. The van der Waals surface area contributed by atoms with Crippen LogP contribution < -0.4 is 15.4 Å². The maximum atomic E-state index is 13.0. The van der Waals surface area contributed by atoms with Crippen LogP contribution in [0.2, 0.25) is 0 Å². The Morgan fingerprint density at radius 2 is 1.96 bits per heavy atom. The van der Waals surface area contributed by atoms with Crippen molar-refractivity contribution in [3.8, 4) is 5.75 Å². The summed E-state index contributed by atoms with van der Waals surface area (Å²) in [6.45, 7) is 2.64. The minimum atomic E-state index is -3.64. The first-order valence-corrected chi connectivity index (χ1v) is 10.7. The Morgan fingerprint density at radius 1 is 1.22 bits per heavy atom. The third-order valence-corrected chi connectivity index (χ3v) is 6.95. The summed E-state index contributed by atoms with van der Waals surface area (Å²) in [5.41, 5.74) is 0.483. The minimum absolute atomic E-state index is 0. The van der Waals surface area contributed by atoms with E-state index in [2.05, 4.69) is 10.6 Å². The number of ether oxygens (including phenoxy) is 1. The number of nitrogens with one attached hydrogen (secondary N) is 2. The van der Waals surface area contributed by atoms with E-state index < -0.39 is 10.0 Å². The highest BCUT2D eigenvalue weighted by Gasteiger charge is 2.29. The van der Waals surface area contributed by atoms with Crippen molar-refractivity contribution in [3.63, 3.8) is 0 Å². The lowest BCUT2D eigenvalue weighted by Crippen LogP contribution is -2.37. The molecule has 1 unspecified atom stereocenters. The molecule has 2 saturated heterocycles. The third kappa shape index (κ3) is 5.13. The van der Waals surface area contributed by atoms with Crippen molar-refractivity contribution in [3.05, 3.63) is 18.2 Å². The molecule has 7 nitrogen and oxygen atoms in total. The predicted molar refractivity (Wildman–Crippen MR) is 107 cm³/mol. The van der Waals surface area contributed by atoms with Gasteiger partial charge in [-0.2, -0.15) is 4.31 Å². The summed E-state index contributed by atoms with van der Waals surface area (Å²) in [5.74, 6) is 0.129. The molecule has 1 atom stereocenters. The molecule has 2 aliphatic heterocycles. The Balaban J connectivity index is 0.00000261.